The van der Waals surface area contributed by atoms with Crippen molar-refractivity contribution < 1.29 is 4.79 Å². The molecule has 0 unspecified atom stereocenters. The van der Waals surface area contributed by atoms with Crippen LogP contribution in [0.25, 0.3) is 10.9 Å². The largest absolute Gasteiger partial charge is 0.370 e. The lowest BCUT2D eigenvalue weighted by Crippen LogP contribution is -2.16. The summed E-state index contributed by atoms with van der Waals surface area (Å²) in [6.45, 7) is 0.863. The zero-order valence-electron chi connectivity index (χ0n) is 17.1. The SMILES string of the molecule is CN(Cc1ccccc1)c1ccc(CCC(=O)Nc2cnc3ccccc3c2)cc1. The predicted molar refractivity (Wildman–Crippen MR) is 124 cm³/mol. The summed E-state index contributed by atoms with van der Waals surface area (Å²) < 4.78 is 0. The second-order valence-electron chi connectivity index (χ2n) is 7.47. The summed E-state index contributed by atoms with van der Waals surface area (Å²) in [5, 5.41) is 3.97. The predicted octanol–water partition coefficient (Wildman–Crippen LogP) is 5.44. The van der Waals surface area contributed by atoms with Crippen molar-refractivity contribution in [1.29, 1.82) is 0 Å². The molecule has 30 heavy (non-hydrogen) atoms. The highest BCUT2D eigenvalue weighted by Crippen LogP contribution is 2.18. The van der Waals surface area contributed by atoms with E-state index >= 15 is 0 Å². The first-order valence-corrected chi connectivity index (χ1v) is 10.2. The van der Waals surface area contributed by atoms with Gasteiger partial charge in [-0.1, -0.05) is 60.7 Å². The molecular weight excluding hydrogens is 370 g/mol. The van der Waals surface area contributed by atoms with Crippen LogP contribution >= 0.6 is 0 Å². The number of aromatic nitrogens is 1. The van der Waals surface area contributed by atoms with E-state index in [1.54, 1.807) is 6.20 Å². The van der Waals surface area contributed by atoms with E-state index in [-0.39, 0.29) is 5.91 Å². The van der Waals surface area contributed by atoms with E-state index in [0.717, 1.165) is 34.4 Å². The molecule has 0 fully saturated rings. The van der Waals surface area contributed by atoms with Crippen molar-refractivity contribution in [3.63, 3.8) is 0 Å². The smallest absolute Gasteiger partial charge is 0.224 e. The van der Waals surface area contributed by atoms with Crippen LogP contribution in [0.3, 0.4) is 0 Å². The van der Waals surface area contributed by atoms with Gasteiger partial charge >= 0.3 is 0 Å². The summed E-state index contributed by atoms with van der Waals surface area (Å²) in [6, 6.07) is 28.7. The summed E-state index contributed by atoms with van der Waals surface area (Å²) in [5.41, 5.74) is 5.25. The summed E-state index contributed by atoms with van der Waals surface area (Å²) in [5.74, 6) is -0.00245. The number of carbonyl (C=O) groups excluding carboxylic acids is 1. The molecule has 4 nitrogen and oxygen atoms in total. The number of nitrogens with zero attached hydrogens (tertiary/aromatic N) is 2. The molecule has 4 rings (SSSR count). The minimum absolute atomic E-state index is 0.00245. The zero-order chi connectivity index (χ0) is 20.8. The molecule has 1 N–H and O–H groups in total. The van der Waals surface area contributed by atoms with Crippen LogP contribution in [-0.4, -0.2) is 17.9 Å². The van der Waals surface area contributed by atoms with Crippen LogP contribution in [-0.2, 0) is 17.8 Å². The number of carbonyl (C=O) groups is 1. The number of amides is 1. The van der Waals surface area contributed by atoms with E-state index in [4.69, 9.17) is 0 Å². The molecule has 3 aromatic carbocycles. The Balaban J connectivity index is 1.30. The van der Waals surface area contributed by atoms with Crippen LogP contribution in [0.5, 0.6) is 0 Å². The molecular formula is C26H25N3O. The molecule has 0 aliphatic rings. The minimum Gasteiger partial charge on any atom is -0.370 e. The van der Waals surface area contributed by atoms with Crippen molar-refractivity contribution in [3.8, 4) is 0 Å². The molecule has 0 aliphatic carbocycles. The molecule has 0 saturated carbocycles. The van der Waals surface area contributed by atoms with E-state index in [1.165, 1.54) is 5.56 Å². The van der Waals surface area contributed by atoms with E-state index < -0.39 is 0 Å². The van der Waals surface area contributed by atoms with Gasteiger partial charge in [-0.25, -0.2) is 0 Å². The molecule has 0 spiro atoms. The van der Waals surface area contributed by atoms with Crippen molar-refractivity contribution in [2.75, 3.05) is 17.3 Å². The molecule has 1 amide bonds. The fraction of sp³-hybridized carbons (Fsp3) is 0.154. The van der Waals surface area contributed by atoms with Crippen molar-refractivity contribution in [2.45, 2.75) is 19.4 Å². The monoisotopic (exact) mass is 395 g/mol. The molecule has 0 aliphatic heterocycles. The van der Waals surface area contributed by atoms with E-state index in [2.05, 4.69) is 70.8 Å². The van der Waals surface area contributed by atoms with Crippen LogP contribution in [0, 0.1) is 0 Å². The third-order valence-electron chi connectivity index (χ3n) is 5.15. The van der Waals surface area contributed by atoms with Crippen molar-refractivity contribution >= 4 is 28.2 Å². The van der Waals surface area contributed by atoms with Gasteiger partial charge in [0.05, 0.1) is 17.4 Å². The maximum absolute atomic E-state index is 12.4. The number of anilines is 2. The van der Waals surface area contributed by atoms with E-state index in [9.17, 15) is 4.79 Å². The van der Waals surface area contributed by atoms with Gasteiger partial charge in [-0.05, 0) is 41.8 Å². The Labute approximate surface area is 177 Å². The van der Waals surface area contributed by atoms with E-state index in [1.807, 2.05) is 36.4 Å². The lowest BCUT2D eigenvalue weighted by molar-refractivity contribution is -0.116. The zero-order valence-corrected chi connectivity index (χ0v) is 17.1. The summed E-state index contributed by atoms with van der Waals surface area (Å²) >= 11 is 0. The molecule has 0 atom stereocenters. The summed E-state index contributed by atoms with van der Waals surface area (Å²) in [7, 11) is 2.09. The second kappa shape index (κ2) is 9.23. The fourth-order valence-electron chi connectivity index (χ4n) is 3.49. The van der Waals surface area contributed by atoms with Crippen LogP contribution in [0.2, 0.25) is 0 Å². The molecule has 1 aromatic heterocycles. The van der Waals surface area contributed by atoms with Crippen LogP contribution in [0.1, 0.15) is 17.5 Å². The van der Waals surface area contributed by atoms with Crippen molar-refractivity contribution in [1.82, 2.24) is 4.98 Å². The highest BCUT2D eigenvalue weighted by atomic mass is 16.1. The van der Waals surface area contributed by atoms with Crippen LogP contribution in [0.4, 0.5) is 11.4 Å². The molecule has 1 heterocycles. The minimum atomic E-state index is -0.00245. The van der Waals surface area contributed by atoms with Gasteiger partial charge in [-0.2, -0.15) is 0 Å². The third kappa shape index (κ3) is 5.03. The molecule has 4 aromatic rings. The fourth-order valence-corrected chi connectivity index (χ4v) is 3.49. The Hall–Kier alpha value is -3.66. The van der Waals surface area contributed by atoms with E-state index in [0.29, 0.717) is 12.8 Å². The topological polar surface area (TPSA) is 45.2 Å². The number of hydrogen-bond acceptors (Lipinski definition) is 3. The normalized spacial score (nSPS) is 10.7. The van der Waals surface area contributed by atoms with Gasteiger partial charge in [-0.3, -0.25) is 9.78 Å². The van der Waals surface area contributed by atoms with Gasteiger partial charge in [-0.15, -0.1) is 0 Å². The Morgan fingerprint density at radius 3 is 2.43 bits per heavy atom. The lowest BCUT2D eigenvalue weighted by Gasteiger charge is -2.19. The Bertz CT molecular complexity index is 1120. The second-order valence-corrected chi connectivity index (χ2v) is 7.47. The lowest BCUT2D eigenvalue weighted by atomic mass is 10.1. The average molecular weight is 396 g/mol. The van der Waals surface area contributed by atoms with Gasteiger partial charge in [0, 0.05) is 31.1 Å². The first-order chi connectivity index (χ1) is 14.7. The van der Waals surface area contributed by atoms with Crippen LogP contribution in [0.15, 0.2) is 91.1 Å². The number of benzene rings is 3. The number of hydrogen-bond donors (Lipinski definition) is 1. The Morgan fingerprint density at radius 2 is 1.63 bits per heavy atom. The summed E-state index contributed by atoms with van der Waals surface area (Å²) in [4.78, 5) is 19.0. The number of aryl methyl sites for hydroxylation is 1. The molecule has 150 valence electrons. The maximum atomic E-state index is 12.4. The Kier molecular flexibility index (Phi) is 6.04. The molecule has 0 radical (unpaired) electrons. The third-order valence-corrected chi connectivity index (χ3v) is 5.15. The first-order valence-electron chi connectivity index (χ1n) is 10.2. The molecule has 0 bridgehead atoms. The quantitative estimate of drug-likeness (QED) is 0.453. The maximum Gasteiger partial charge on any atom is 0.224 e. The highest BCUT2D eigenvalue weighted by Gasteiger charge is 2.06. The van der Waals surface area contributed by atoms with Gasteiger partial charge < -0.3 is 10.2 Å². The number of nitrogens with one attached hydrogen (secondary N) is 1. The highest BCUT2D eigenvalue weighted by molar-refractivity contribution is 5.93. The molecule has 0 saturated heterocycles. The number of pyridine rings is 1. The average Bonchev–Trinajstić information content (AvgIpc) is 2.78. The summed E-state index contributed by atoms with van der Waals surface area (Å²) in [6.07, 6.45) is 2.85. The van der Waals surface area contributed by atoms with Crippen molar-refractivity contribution in [3.05, 3.63) is 102 Å². The van der Waals surface area contributed by atoms with Gasteiger partial charge in [0.1, 0.15) is 0 Å². The Morgan fingerprint density at radius 1 is 0.900 bits per heavy atom. The standard InChI is InChI=1S/C26H25N3O/c1-29(19-21-7-3-2-4-8-21)24-14-11-20(12-15-24)13-16-26(30)28-23-17-22-9-5-6-10-25(22)27-18-23/h2-12,14-15,17-18H,13,16,19H2,1H3,(H,28,30). The number of rotatable bonds is 7. The van der Waals surface area contributed by atoms with Crippen LogP contribution < -0.4 is 10.2 Å². The van der Waals surface area contributed by atoms with Gasteiger partial charge in [0.2, 0.25) is 5.91 Å². The van der Waals surface area contributed by atoms with Crippen molar-refractivity contribution in [2.24, 2.45) is 0 Å². The number of para-hydroxylation sites is 1. The number of fused-ring (bicyclic) bond motifs is 1. The molecule has 4 heteroatoms. The van der Waals surface area contributed by atoms with Gasteiger partial charge in [0.15, 0.2) is 0 Å². The first kappa shape index (κ1) is 19.6. The van der Waals surface area contributed by atoms with Gasteiger partial charge in [0.25, 0.3) is 0 Å².